The van der Waals surface area contributed by atoms with E-state index < -0.39 is 0 Å². The van der Waals surface area contributed by atoms with Gasteiger partial charge in [0.2, 0.25) is 0 Å². The van der Waals surface area contributed by atoms with Gasteiger partial charge in [0, 0.05) is 25.7 Å². The van der Waals surface area contributed by atoms with Crippen LogP contribution in [-0.4, -0.2) is 67.9 Å². The van der Waals surface area contributed by atoms with Gasteiger partial charge in [0.1, 0.15) is 5.82 Å². The summed E-state index contributed by atoms with van der Waals surface area (Å²) in [6, 6.07) is 4.10. The number of carbonyl (C=O) groups excluding carboxylic acids is 1. The molecule has 7 nitrogen and oxygen atoms in total. The average Bonchev–Trinajstić information content (AvgIpc) is 3.18. The molecule has 0 bridgehead atoms. The van der Waals surface area contributed by atoms with Crippen molar-refractivity contribution in [3.63, 3.8) is 0 Å². The van der Waals surface area contributed by atoms with E-state index in [1.807, 2.05) is 12.1 Å². The van der Waals surface area contributed by atoms with Crippen molar-refractivity contribution in [3.05, 3.63) is 18.3 Å². The number of hydrogen-bond donors (Lipinski definition) is 2. The number of hydrogen-bond acceptors (Lipinski definition) is 5. The highest BCUT2D eigenvalue weighted by Gasteiger charge is 2.20. The number of urea groups is 1. The molecule has 0 radical (unpaired) electrons. The molecule has 2 saturated heterocycles. The molecular formula is C18H29N5O2. The van der Waals surface area contributed by atoms with E-state index >= 15 is 0 Å². The summed E-state index contributed by atoms with van der Waals surface area (Å²) in [6.45, 7) is 8.34. The number of likely N-dealkylation sites (tertiary alicyclic amines) is 1. The van der Waals surface area contributed by atoms with E-state index in [9.17, 15) is 4.79 Å². The quantitative estimate of drug-likeness (QED) is 0.823. The van der Waals surface area contributed by atoms with Gasteiger partial charge in [-0.25, -0.2) is 9.78 Å². The molecule has 2 aliphatic rings. The number of anilines is 2. The first-order valence-corrected chi connectivity index (χ1v) is 9.34. The van der Waals surface area contributed by atoms with Gasteiger partial charge >= 0.3 is 6.03 Å². The molecule has 2 amide bonds. The van der Waals surface area contributed by atoms with Crippen LogP contribution in [0.1, 0.15) is 26.2 Å². The van der Waals surface area contributed by atoms with Crippen molar-refractivity contribution in [3.8, 4) is 0 Å². The summed E-state index contributed by atoms with van der Waals surface area (Å²) in [4.78, 5) is 21.2. The van der Waals surface area contributed by atoms with Gasteiger partial charge in [-0.05, 0) is 44.5 Å². The van der Waals surface area contributed by atoms with Crippen LogP contribution >= 0.6 is 0 Å². The molecule has 138 valence electrons. The summed E-state index contributed by atoms with van der Waals surface area (Å²) >= 11 is 0. The SMILES string of the molecule is CC[C@H](CNC(=O)Nc1ccc(N2CCOCC2)nc1)N1CCCC1. The number of ether oxygens (including phenoxy) is 1. The van der Waals surface area contributed by atoms with Crippen LogP contribution in [0.25, 0.3) is 0 Å². The van der Waals surface area contributed by atoms with Crippen LogP contribution in [0.3, 0.4) is 0 Å². The standard InChI is InChI=1S/C18H29N5O2/c1-2-16(22-7-3-4-8-22)14-20-18(24)21-15-5-6-17(19-13-15)23-9-11-25-12-10-23/h5-6,13,16H,2-4,7-12,14H2,1H3,(H2,20,21,24)/t16-/m1/s1. The molecular weight excluding hydrogens is 318 g/mol. The fourth-order valence-corrected chi connectivity index (χ4v) is 3.46. The minimum Gasteiger partial charge on any atom is -0.378 e. The minimum absolute atomic E-state index is 0.168. The van der Waals surface area contributed by atoms with Crippen molar-refractivity contribution in [1.29, 1.82) is 0 Å². The third kappa shape index (κ3) is 5.06. The summed E-state index contributed by atoms with van der Waals surface area (Å²) in [5, 5.41) is 5.86. The first-order valence-electron chi connectivity index (χ1n) is 9.34. The molecule has 0 saturated carbocycles. The maximum absolute atomic E-state index is 12.1. The Hall–Kier alpha value is -1.86. The average molecular weight is 347 g/mol. The fourth-order valence-electron chi connectivity index (χ4n) is 3.46. The maximum Gasteiger partial charge on any atom is 0.319 e. The second kappa shape index (κ2) is 9.01. The Balaban J connectivity index is 1.45. The van der Waals surface area contributed by atoms with Gasteiger partial charge in [0.25, 0.3) is 0 Å². The topological polar surface area (TPSA) is 69.7 Å². The zero-order valence-electron chi connectivity index (χ0n) is 15.0. The summed E-state index contributed by atoms with van der Waals surface area (Å²) in [7, 11) is 0. The number of nitrogens with one attached hydrogen (secondary N) is 2. The molecule has 3 heterocycles. The molecule has 1 aromatic heterocycles. The highest BCUT2D eigenvalue weighted by atomic mass is 16.5. The van der Waals surface area contributed by atoms with E-state index in [0.717, 1.165) is 51.6 Å². The zero-order valence-corrected chi connectivity index (χ0v) is 15.0. The predicted octanol–water partition coefficient (Wildman–Crippen LogP) is 1.91. The number of morpholine rings is 1. The normalized spacial score (nSPS) is 19.6. The largest absolute Gasteiger partial charge is 0.378 e. The van der Waals surface area contributed by atoms with Gasteiger partial charge < -0.3 is 20.3 Å². The Bertz CT molecular complexity index is 539. The molecule has 0 spiro atoms. The van der Waals surface area contributed by atoms with E-state index in [0.29, 0.717) is 18.3 Å². The molecule has 1 aromatic rings. The maximum atomic E-state index is 12.1. The van der Waals surface area contributed by atoms with Gasteiger partial charge in [0.15, 0.2) is 0 Å². The number of aromatic nitrogens is 1. The van der Waals surface area contributed by atoms with Crippen LogP contribution in [-0.2, 0) is 4.74 Å². The van der Waals surface area contributed by atoms with Crippen LogP contribution in [0, 0.1) is 0 Å². The first kappa shape index (κ1) is 17.9. The Kier molecular flexibility index (Phi) is 6.47. The Labute approximate surface area is 149 Å². The zero-order chi connectivity index (χ0) is 17.5. The molecule has 3 rings (SSSR count). The van der Waals surface area contributed by atoms with E-state index in [-0.39, 0.29) is 6.03 Å². The van der Waals surface area contributed by atoms with Crippen LogP contribution in [0.4, 0.5) is 16.3 Å². The Morgan fingerprint density at radius 2 is 2.00 bits per heavy atom. The van der Waals surface area contributed by atoms with Crippen molar-refractivity contribution in [1.82, 2.24) is 15.2 Å². The monoisotopic (exact) mass is 347 g/mol. The van der Waals surface area contributed by atoms with Crippen LogP contribution < -0.4 is 15.5 Å². The van der Waals surface area contributed by atoms with Crippen molar-refractivity contribution < 1.29 is 9.53 Å². The lowest BCUT2D eigenvalue weighted by Gasteiger charge is -2.28. The molecule has 1 atom stereocenters. The number of carbonyl (C=O) groups is 1. The minimum atomic E-state index is -0.168. The number of nitrogens with zero attached hydrogens (tertiary/aromatic N) is 3. The van der Waals surface area contributed by atoms with Gasteiger partial charge in [0.05, 0.1) is 25.1 Å². The molecule has 0 aliphatic carbocycles. The Morgan fingerprint density at radius 1 is 1.24 bits per heavy atom. The highest BCUT2D eigenvalue weighted by Crippen LogP contribution is 2.16. The third-order valence-electron chi connectivity index (χ3n) is 4.97. The van der Waals surface area contributed by atoms with Crippen molar-refractivity contribution in [2.45, 2.75) is 32.2 Å². The predicted molar refractivity (Wildman–Crippen MR) is 99.2 cm³/mol. The van der Waals surface area contributed by atoms with Crippen LogP contribution in [0.15, 0.2) is 18.3 Å². The summed E-state index contributed by atoms with van der Waals surface area (Å²) < 4.78 is 5.35. The smallest absolute Gasteiger partial charge is 0.319 e. The lowest BCUT2D eigenvalue weighted by Crippen LogP contribution is -2.43. The summed E-state index contributed by atoms with van der Waals surface area (Å²) in [5.74, 6) is 0.925. The molecule has 0 unspecified atom stereocenters. The molecule has 2 fully saturated rings. The number of amides is 2. The van der Waals surface area contributed by atoms with E-state index in [1.165, 1.54) is 12.8 Å². The lowest BCUT2D eigenvalue weighted by atomic mass is 10.2. The second-order valence-corrected chi connectivity index (χ2v) is 6.64. The van der Waals surface area contributed by atoms with Crippen LogP contribution in [0.2, 0.25) is 0 Å². The summed E-state index contributed by atoms with van der Waals surface area (Å²) in [6.07, 6.45) is 5.30. The van der Waals surface area contributed by atoms with Crippen molar-refractivity contribution >= 4 is 17.5 Å². The molecule has 2 aliphatic heterocycles. The first-order chi connectivity index (χ1) is 12.3. The van der Waals surface area contributed by atoms with Gasteiger partial charge in [-0.15, -0.1) is 0 Å². The lowest BCUT2D eigenvalue weighted by molar-refractivity contribution is 0.122. The van der Waals surface area contributed by atoms with Gasteiger partial charge in [-0.2, -0.15) is 0 Å². The van der Waals surface area contributed by atoms with Gasteiger partial charge in [-0.3, -0.25) is 4.90 Å². The molecule has 25 heavy (non-hydrogen) atoms. The van der Waals surface area contributed by atoms with Crippen LogP contribution in [0.5, 0.6) is 0 Å². The molecule has 0 aromatic carbocycles. The van der Waals surface area contributed by atoms with E-state index in [2.05, 4.69) is 32.3 Å². The number of pyridine rings is 1. The van der Waals surface area contributed by atoms with Crippen molar-refractivity contribution in [2.24, 2.45) is 0 Å². The second-order valence-electron chi connectivity index (χ2n) is 6.64. The fraction of sp³-hybridized carbons (Fsp3) is 0.667. The van der Waals surface area contributed by atoms with Crippen molar-refractivity contribution in [2.75, 3.05) is 56.2 Å². The molecule has 7 heteroatoms. The van der Waals surface area contributed by atoms with E-state index in [4.69, 9.17) is 4.74 Å². The summed E-state index contributed by atoms with van der Waals surface area (Å²) in [5.41, 5.74) is 0.712. The third-order valence-corrected chi connectivity index (χ3v) is 4.97. The molecule has 2 N–H and O–H groups in total. The Morgan fingerprint density at radius 3 is 2.64 bits per heavy atom. The highest BCUT2D eigenvalue weighted by molar-refractivity contribution is 5.89. The van der Waals surface area contributed by atoms with E-state index in [1.54, 1.807) is 6.20 Å². The number of rotatable bonds is 6. The van der Waals surface area contributed by atoms with Gasteiger partial charge in [-0.1, -0.05) is 6.92 Å².